The SMILES string of the molecule is CCOc1cc(-c2cc(C)c3c(n2)CN(c2cnn(C(C)(C)C#N)c2)C3=O)cnc1OC. The number of nitriles is 1. The number of rotatable bonds is 6. The van der Waals surface area contributed by atoms with Crippen molar-refractivity contribution in [1.82, 2.24) is 19.7 Å². The van der Waals surface area contributed by atoms with Crippen LogP contribution in [0.4, 0.5) is 5.69 Å². The molecule has 0 spiro atoms. The van der Waals surface area contributed by atoms with E-state index < -0.39 is 5.54 Å². The van der Waals surface area contributed by atoms with Crippen LogP contribution in [0.2, 0.25) is 0 Å². The first-order valence-corrected chi connectivity index (χ1v) is 10.2. The van der Waals surface area contributed by atoms with E-state index in [1.54, 1.807) is 49.1 Å². The van der Waals surface area contributed by atoms with Crippen LogP contribution in [-0.4, -0.2) is 39.4 Å². The average molecular weight is 432 g/mol. The smallest absolute Gasteiger partial charge is 0.260 e. The molecule has 0 aromatic carbocycles. The number of carbonyl (C=O) groups is 1. The summed E-state index contributed by atoms with van der Waals surface area (Å²) in [6, 6.07) is 5.92. The number of anilines is 1. The minimum Gasteiger partial charge on any atom is -0.488 e. The van der Waals surface area contributed by atoms with E-state index in [2.05, 4.69) is 16.2 Å². The van der Waals surface area contributed by atoms with E-state index in [1.165, 1.54) is 0 Å². The maximum atomic E-state index is 13.2. The zero-order valence-corrected chi connectivity index (χ0v) is 18.7. The summed E-state index contributed by atoms with van der Waals surface area (Å²) in [4.78, 5) is 23.9. The van der Waals surface area contributed by atoms with Crippen molar-refractivity contribution in [3.63, 3.8) is 0 Å². The van der Waals surface area contributed by atoms with Crippen molar-refractivity contribution < 1.29 is 14.3 Å². The molecule has 0 unspecified atom stereocenters. The van der Waals surface area contributed by atoms with Crippen molar-refractivity contribution >= 4 is 11.6 Å². The Morgan fingerprint density at radius 2 is 2.06 bits per heavy atom. The van der Waals surface area contributed by atoms with E-state index in [0.717, 1.165) is 11.1 Å². The minimum atomic E-state index is -0.811. The van der Waals surface area contributed by atoms with Gasteiger partial charge < -0.3 is 9.47 Å². The van der Waals surface area contributed by atoms with Gasteiger partial charge in [-0.15, -0.1) is 0 Å². The molecule has 1 amide bonds. The molecule has 0 fully saturated rings. The summed E-state index contributed by atoms with van der Waals surface area (Å²) in [6.07, 6.45) is 4.99. The van der Waals surface area contributed by atoms with Gasteiger partial charge in [-0.2, -0.15) is 10.4 Å². The second kappa shape index (κ2) is 7.96. The summed E-state index contributed by atoms with van der Waals surface area (Å²) in [7, 11) is 1.54. The molecule has 32 heavy (non-hydrogen) atoms. The van der Waals surface area contributed by atoms with Crippen LogP contribution in [-0.2, 0) is 12.1 Å². The average Bonchev–Trinajstić information content (AvgIpc) is 3.39. The van der Waals surface area contributed by atoms with Crippen LogP contribution in [0.3, 0.4) is 0 Å². The highest BCUT2D eigenvalue weighted by atomic mass is 16.5. The van der Waals surface area contributed by atoms with Crippen molar-refractivity contribution in [3.05, 3.63) is 47.5 Å². The molecule has 0 saturated heterocycles. The number of pyridine rings is 2. The Bertz CT molecular complexity index is 1240. The number of aromatic nitrogens is 4. The predicted octanol–water partition coefficient (Wildman–Crippen LogP) is 3.47. The Kier molecular flexibility index (Phi) is 5.30. The molecule has 0 N–H and O–H groups in total. The Morgan fingerprint density at radius 1 is 1.28 bits per heavy atom. The van der Waals surface area contributed by atoms with E-state index >= 15 is 0 Å². The van der Waals surface area contributed by atoms with Crippen LogP contribution in [0.25, 0.3) is 11.3 Å². The molecule has 3 aromatic heterocycles. The molecule has 0 radical (unpaired) electrons. The first-order chi connectivity index (χ1) is 15.3. The lowest BCUT2D eigenvalue weighted by Gasteiger charge is -2.16. The second-order valence-electron chi connectivity index (χ2n) is 8.02. The number of carbonyl (C=O) groups excluding carboxylic acids is 1. The van der Waals surface area contributed by atoms with Crippen molar-refractivity contribution in [3.8, 4) is 29.0 Å². The van der Waals surface area contributed by atoms with Gasteiger partial charge >= 0.3 is 0 Å². The van der Waals surface area contributed by atoms with Crippen LogP contribution in [0.15, 0.2) is 30.7 Å². The summed E-state index contributed by atoms with van der Waals surface area (Å²) < 4.78 is 12.5. The number of hydrogen-bond donors (Lipinski definition) is 0. The van der Waals surface area contributed by atoms with E-state index in [4.69, 9.17) is 14.5 Å². The fraction of sp³-hybridized carbons (Fsp3) is 0.348. The number of fused-ring (bicyclic) bond motifs is 1. The molecule has 1 aliphatic heterocycles. The molecule has 0 aliphatic carbocycles. The molecule has 9 heteroatoms. The van der Waals surface area contributed by atoms with Gasteiger partial charge in [0.1, 0.15) is 5.54 Å². The van der Waals surface area contributed by atoms with Gasteiger partial charge in [-0.25, -0.2) is 4.98 Å². The second-order valence-corrected chi connectivity index (χ2v) is 8.02. The fourth-order valence-corrected chi connectivity index (χ4v) is 3.65. The maximum absolute atomic E-state index is 13.2. The van der Waals surface area contributed by atoms with Gasteiger partial charge in [0.2, 0.25) is 0 Å². The van der Waals surface area contributed by atoms with Crippen LogP contribution in [0, 0.1) is 18.3 Å². The van der Waals surface area contributed by atoms with Crippen LogP contribution in [0.5, 0.6) is 11.6 Å². The lowest BCUT2D eigenvalue weighted by molar-refractivity contribution is 0.0996. The van der Waals surface area contributed by atoms with Crippen molar-refractivity contribution in [1.29, 1.82) is 5.26 Å². The monoisotopic (exact) mass is 432 g/mol. The van der Waals surface area contributed by atoms with Crippen LogP contribution in [0.1, 0.15) is 42.4 Å². The molecule has 9 nitrogen and oxygen atoms in total. The standard InChI is InChI=1S/C23H24N6O3/c1-6-32-19-8-15(9-25-21(19)31-5)17-7-14(2)20-18(27-17)12-28(22(20)30)16-10-26-29(11-16)23(3,4)13-24/h7-11H,6,12H2,1-5H3. The van der Waals surface area contributed by atoms with E-state index in [1.807, 2.05) is 26.0 Å². The van der Waals surface area contributed by atoms with Crippen LogP contribution < -0.4 is 14.4 Å². The molecule has 1 aliphatic rings. The Balaban J connectivity index is 1.69. The summed E-state index contributed by atoms with van der Waals surface area (Å²) in [5, 5.41) is 13.6. The Morgan fingerprint density at radius 3 is 2.75 bits per heavy atom. The van der Waals surface area contributed by atoms with Gasteiger partial charge in [0, 0.05) is 11.8 Å². The van der Waals surface area contributed by atoms with Gasteiger partial charge in [-0.1, -0.05) is 0 Å². The van der Waals surface area contributed by atoms with Gasteiger partial charge in [0.25, 0.3) is 11.8 Å². The van der Waals surface area contributed by atoms with Crippen molar-refractivity contribution in [2.24, 2.45) is 0 Å². The first kappa shape index (κ1) is 21.3. The van der Waals surface area contributed by atoms with Crippen LogP contribution >= 0.6 is 0 Å². The molecule has 3 aromatic rings. The summed E-state index contributed by atoms with van der Waals surface area (Å²) in [5.41, 5.74) is 3.40. The number of hydrogen-bond acceptors (Lipinski definition) is 7. The largest absolute Gasteiger partial charge is 0.488 e. The number of amides is 1. The normalized spacial score (nSPS) is 13.1. The van der Waals surface area contributed by atoms with Gasteiger partial charge in [-0.3, -0.25) is 19.4 Å². The zero-order valence-electron chi connectivity index (χ0n) is 18.7. The third kappa shape index (κ3) is 3.54. The molecule has 4 rings (SSSR count). The lowest BCUT2D eigenvalue weighted by Crippen LogP contribution is -2.25. The molecule has 0 atom stereocenters. The number of nitrogens with zero attached hydrogens (tertiary/aromatic N) is 6. The highest BCUT2D eigenvalue weighted by Crippen LogP contribution is 2.34. The first-order valence-electron chi connectivity index (χ1n) is 10.2. The third-order valence-electron chi connectivity index (χ3n) is 5.39. The number of ether oxygens (including phenoxy) is 2. The molecular formula is C23H24N6O3. The van der Waals surface area contributed by atoms with Gasteiger partial charge in [-0.05, 0) is 45.4 Å². The highest BCUT2D eigenvalue weighted by molar-refractivity contribution is 6.10. The summed E-state index contributed by atoms with van der Waals surface area (Å²) >= 11 is 0. The third-order valence-corrected chi connectivity index (χ3v) is 5.39. The van der Waals surface area contributed by atoms with E-state index in [9.17, 15) is 10.1 Å². The lowest BCUT2D eigenvalue weighted by atomic mass is 10.0. The number of methoxy groups -OCH3 is 1. The van der Waals surface area contributed by atoms with Crippen molar-refractivity contribution in [2.45, 2.75) is 39.8 Å². The quantitative estimate of drug-likeness (QED) is 0.587. The minimum absolute atomic E-state index is 0.131. The molecular weight excluding hydrogens is 408 g/mol. The van der Waals surface area contributed by atoms with E-state index in [-0.39, 0.29) is 5.91 Å². The fourth-order valence-electron chi connectivity index (χ4n) is 3.65. The molecule has 0 bridgehead atoms. The molecule has 0 saturated carbocycles. The molecule has 4 heterocycles. The topological polar surface area (TPSA) is 106 Å². The molecule has 164 valence electrons. The predicted molar refractivity (Wildman–Crippen MR) is 118 cm³/mol. The summed E-state index contributed by atoms with van der Waals surface area (Å²) in [5.74, 6) is 0.818. The summed E-state index contributed by atoms with van der Waals surface area (Å²) in [6.45, 7) is 8.13. The number of aryl methyl sites for hydroxylation is 1. The maximum Gasteiger partial charge on any atom is 0.260 e. The Labute approximate surface area is 186 Å². The highest BCUT2D eigenvalue weighted by Gasteiger charge is 2.33. The van der Waals surface area contributed by atoms with E-state index in [0.29, 0.717) is 47.4 Å². The van der Waals surface area contributed by atoms with Gasteiger partial charge in [0.15, 0.2) is 5.75 Å². The van der Waals surface area contributed by atoms with Crippen molar-refractivity contribution in [2.75, 3.05) is 18.6 Å². The zero-order chi connectivity index (χ0) is 23.0. The van der Waals surface area contributed by atoms with Gasteiger partial charge in [0.05, 0.1) is 61.4 Å². The Hall–Kier alpha value is -3.93.